The predicted octanol–water partition coefficient (Wildman–Crippen LogP) is 2.46. The molecule has 0 aromatic heterocycles. The van der Waals surface area contributed by atoms with Crippen molar-refractivity contribution in [3.8, 4) is 0 Å². The second-order valence-corrected chi connectivity index (χ2v) is 4.56. The monoisotopic (exact) mass is 201 g/mol. The molecule has 1 amide bonds. The normalized spacial score (nSPS) is 28.9. The summed E-state index contributed by atoms with van der Waals surface area (Å²) in [7, 11) is 0. The van der Waals surface area contributed by atoms with Crippen LogP contribution in [0.5, 0.6) is 0 Å². The van der Waals surface area contributed by atoms with Gasteiger partial charge in [0.25, 0.3) is 5.91 Å². The second kappa shape index (κ2) is 3.37. The van der Waals surface area contributed by atoms with Crippen LogP contribution in [0.25, 0.3) is 0 Å². The number of benzene rings is 1. The first-order valence-corrected chi connectivity index (χ1v) is 5.76. The van der Waals surface area contributed by atoms with Crippen LogP contribution < -0.4 is 5.32 Å². The van der Waals surface area contributed by atoms with Gasteiger partial charge in [0.1, 0.15) is 0 Å². The highest BCUT2D eigenvalue weighted by atomic mass is 16.1. The summed E-state index contributed by atoms with van der Waals surface area (Å²) in [5.74, 6) is 0.682. The van der Waals surface area contributed by atoms with Crippen molar-refractivity contribution in [3.05, 3.63) is 35.4 Å². The van der Waals surface area contributed by atoms with Crippen LogP contribution in [0.2, 0.25) is 0 Å². The zero-order valence-electron chi connectivity index (χ0n) is 8.70. The van der Waals surface area contributed by atoms with E-state index in [4.69, 9.17) is 0 Å². The van der Waals surface area contributed by atoms with E-state index < -0.39 is 0 Å². The minimum atomic E-state index is 0.119. The molecule has 1 aromatic rings. The van der Waals surface area contributed by atoms with Crippen molar-refractivity contribution >= 4 is 5.91 Å². The van der Waals surface area contributed by atoms with Crippen LogP contribution in [0.1, 0.15) is 47.5 Å². The van der Waals surface area contributed by atoms with Gasteiger partial charge in [-0.15, -0.1) is 0 Å². The van der Waals surface area contributed by atoms with Crippen molar-refractivity contribution in [2.75, 3.05) is 0 Å². The minimum Gasteiger partial charge on any atom is -0.349 e. The predicted molar refractivity (Wildman–Crippen MR) is 58.9 cm³/mol. The molecular formula is C13H15NO. The molecule has 1 aliphatic carbocycles. The van der Waals surface area contributed by atoms with Crippen molar-refractivity contribution in [1.82, 2.24) is 5.32 Å². The standard InChI is InChI=1S/C13H15NO/c15-13-11-7-2-1-5-9(11)10-6-3-4-8-12(10)14-13/h1-2,5,7,10,12H,3-4,6,8H2,(H,14,15)/t10-,12+/m1/s1. The summed E-state index contributed by atoms with van der Waals surface area (Å²) in [5.41, 5.74) is 2.16. The molecule has 1 N–H and O–H groups in total. The van der Waals surface area contributed by atoms with Crippen LogP contribution >= 0.6 is 0 Å². The van der Waals surface area contributed by atoms with Crippen LogP contribution in [-0.4, -0.2) is 11.9 Å². The lowest BCUT2D eigenvalue weighted by Gasteiger charge is -2.37. The Morgan fingerprint density at radius 3 is 2.87 bits per heavy atom. The third-order valence-corrected chi connectivity index (χ3v) is 3.69. The average Bonchev–Trinajstić information content (AvgIpc) is 2.30. The van der Waals surface area contributed by atoms with Gasteiger partial charge < -0.3 is 5.32 Å². The van der Waals surface area contributed by atoms with Crippen LogP contribution in [0.4, 0.5) is 0 Å². The van der Waals surface area contributed by atoms with Crippen molar-refractivity contribution in [3.63, 3.8) is 0 Å². The van der Waals surface area contributed by atoms with Gasteiger partial charge in [-0.2, -0.15) is 0 Å². The van der Waals surface area contributed by atoms with E-state index in [0.717, 1.165) is 12.0 Å². The molecule has 2 aliphatic rings. The first-order chi connectivity index (χ1) is 7.36. The fourth-order valence-corrected chi connectivity index (χ4v) is 2.95. The summed E-state index contributed by atoms with van der Waals surface area (Å²) in [5, 5.41) is 3.14. The van der Waals surface area contributed by atoms with Gasteiger partial charge in [-0.1, -0.05) is 31.0 Å². The van der Waals surface area contributed by atoms with E-state index in [0.29, 0.717) is 12.0 Å². The van der Waals surface area contributed by atoms with Gasteiger partial charge in [0.2, 0.25) is 0 Å². The maximum Gasteiger partial charge on any atom is 0.251 e. The molecule has 2 heteroatoms. The maximum absolute atomic E-state index is 11.8. The number of amides is 1. The summed E-state index contributed by atoms with van der Waals surface area (Å²) >= 11 is 0. The highest BCUT2D eigenvalue weighted by Crippen LogP contribution is 2.37. The lowest BCUT2D eigenvalue weighted by atomic mass is 9.76. The molecule has 1 aromatic carbocycles. The van der Waals surface area contributed by atoms with Gasteiger partial charge in [-0.05, 0) is 24.5 Å². The molecule has 1 aliphatic heterocycles. The molecule has 0 unspecified atom stereocenters. The first kappa shape index (κ1) is 8.96. The molecule has 1 fully saturated rings. The van der Waals surface area contributed by atoms with Crippen LogP contribution in [0, 0.1) is 0 Å². The van der Waals surface area contributed by atoms with Crippen molar-refractivity contribution in [1.29, 1.82) is 0 Å². The van der Waals surface area contributed by atoms with Gasteiger partial charge >= 0.3 is 0 Å². The Bertz CT molecular complexity index is 399. The zero-order chi connectivity index (χ0) is 10.3. The number of rotatable bonds is 0. The lowest BCUT2D eigenvalue weighted by Crippen LogP contribution is -2.45. The van der Waals surface area contributed by atoms with Crippen molar-refractivity contribution in [2.45, 2.75) is 37.6 Å². The zero-order valence-corrected chi connectivity index (χ0v) is 8.70. The van der Waals surface area contributed by atoms with E-state index in [-0.39, 0.29) is 5.91 Å². The average molecular weight is 201 g/mol. The number of hydrogen-bond acceptors (Lipinski definition) is 1. The van der Waals surface area contributed by atoms with E-state index in [1.807, 2.05) is 18.2 Å². The third-order valence-electron chi connectivity index (χ3n) is 3.69. The van der Waals surface area contributed by atoms with Crippen LogP contribution in [0.3, 0.4) is 0 Å². The number of carbonyl (C=O) groups excluding carboxylic acids is 1. The second-order valence-electron chi connectivity index (χ2n) is 4.56. The van der Waals surface area contributed by atoms with Crippen molar-refractivity contribution < 1.29 is 4.79 Å². The van der Waals surface area contributed by atoms with Gasteiger partial charge in [0.05, 0.1) is 0 Å². The molecule has 2 nitrogen and oxygen atoms in total. The molecule has 0 spiro atoms. The Labute approximate surface area is 89.7 Å². The number of fused-ring (bicyclic) bond motifs is 3. The summed E-state index contributed by atoms with van der Waals surface area (Å²) in [6.45, 7) is 0. The Kier molecular flexibility index (Phi) is 2.01. The van der Waals surface area contributed by atoms with Crippen molar-refractivity contribution in [2.24, 2.45) is 0 Å². The highest BCUT2D eigenvalue weighted by molar-refractivity contribution is 5.97. The minimum absolute atomic E-state index is 0.119. The van der Waals surface area contributed by atoms with Gasteiger partial charge in [0.15, 0.2) is 0 Å². The lowest BCUT2D eigenvalue weighted by molar-refractivity contribution is 0.0901. The first-order valence-electron chi connectivity index (χ1n) is 5.76. The van der Waals surface area contributed by atoms with E-state index in [9.17, 15) is 4.79 Å². The molecular weight excluding hydrogens is 186 g/mol. The van der Waals surface area contributed by atoms with Crippen LogP contribution in [0.15, 0.2) is 24.3 Å². The SMILES string of the molecule is O=C1N[C@H]2CCCC[C@@H]2c2ccccc21. The van der Waals surface area contributed by atoms with E-state index >= 15 is 0 Å². The maximum atomic E-state index is 11.8. The van der Waals surface area contributed by atoms with Gasteiger partial charge in [0, 0.05) is 17.5 Å². The molecule has 0 bridgehead atoms. The largest absolute Gasteiger partial charge is 0.349 e. The third kappa shape index (κ3) is 1.36. The van der Waals surface area contributed by atoms with E-state index in [2.05, 4.69) is 11.4 Å². The molecule has 78 valence electrons. The number of carbonyl (C=O) groups is 1. The molecule has 0 radical (unpaired) electrons. The van der Waals surface area contributed by atoms with E-state index in [1.165, 1.54) is 24.8 Å². The van der Waals surface area contributed by atoms with Crippen LogP contribution in [-0.2, 0) is 0 Å². The molecule has 0 saturated heterocycles. The van der Waals surface area contributed by atoms with Gasteiger partial charge in [-0.3, -0.25) is 4.79 Å². The molecule has 3 rings (SSSR count). The fraction of sp³-hybridized carbons (Fsp3) is 0.462. The van der Waals surface area contributed by atoms with Gasteiger partial charge in [-0.25, -0.2) is 0 Å². The smallest absolute Gasteiger partial charge is 0.251 e. The summed E-state index contributed by atoms with van der Waals surface area (Å²) < 4.78 is 0. The highest BCUT2D eigenvalue weighted by Gasteiger charge is 2.34. The summed E-state index contributed by atoms with van der Waals surface area (Å²) in [6, 6.07) is 8.44. The Morgan fingerprint density at radius 2 is 1.93 bits per heavy atom. The quantitative estimate of drug-likeness (QED) is 0.686. The molecule has 1 saturated carbocycles. The molecule has 1 heterocycles. The Hall–Kier alpha value is -1.31. The Morgan fingerprint density at radius 1 is 1.13 bits per heavy atom. The number of hydrogen-bond donors (Lipinski definition) is 1. The Balaban J connectivity index is 2.07. The number of nitrogens with one attached hydrogen (secondary N) is 1. The molecule has 2 atom stereocenters. The summed E-state index contributed by atoms with van der Waals surface area (Å²) in [6.07, 6.45) is 4.92. The topological polar surface area (TPSA) is 29.1 Å². The fourth-order valence-electron chi connectivity index (χ4n) is 2.95. The molecule has 15 heavy (non-hydrogen) atoms. The van der Waals surface area contributed by atoms with E-state index in [1.54, 1.807) is 0 Å². The summed E-state index contributed by atoms with van der Waals surface area (Å²) in [4.78, 5) is 11.8.